The van der Waals surface area contributed by atoms with Crippen molar-refractivity contribution < 1.29 is 27.1 Å². The molecular formula is C9H9ClNO3-. The molecule has 1 aromatic carbocycles. The molecule has 0 bridgehead atoms. The molecular weight excluding hydrogens is 206 g/mol. The highest BCUT2D eigenvalue weighted by atomic mass is 35.5. The smallest absolute Gasteiger partial charge is 0.337 e. The van der Waals surface area contributed by atoms with Gasteiger partial charge in [-0.05, 0) is 17.7 Å². The van der Waals surface area contributed by atoms with Crippen molar-refractivity contribution in [3.05, 3.63) is 35.4 Å². The Kier molecular flexibility index (Phi) is 5.33. The summed E-state index contributed by atoms with van der Waals surface area (Å²) < 4.78 is 4.51. The van der Waals surface area contributed by atoms with E-state index in [1.807, 2.05) is 0 Å². The van der Waals surface area contributed by atoms with Gasteiger partial charge in [0.05, 0.1) is 18.9 Å². The second-order valence-corrected chi connectivity index (χ2v) is 2.36. The Morgan fingerprint density at radius 1 is 1.43 bits per heavy atom. The zero-order chi connectivity index (χ0) is 9.68. The zero-order valence-corrected chi connectivity index (χ0v) is 8.23. The van der Waals surface area contributed by atoms with Crippen LogP contribution in [0.4, 0.5) is 0 Å². The molecule has 0 atom stereocenters. The molecule has 0 unspecified atom stereocenters. The number of halogens is 1. The van der Waals surface area contributed by atoms with Gasteiger partial charge in [-0.2, -0.15) is 0 Å². The highest BCUT2D eigenvalue weighted by Gasteiger charge is 2.02. The van der Waals surface area contributed by atoms with Crippen molar-refractivity contribution in [1.82, 2.24) is 0 Å². The van der Waals surface area contributed by atoms with Crippen LogP contribution in [-0.2, 0) is 4.74 Å². The van der Waals surface area contributed by atoms with Gasteiger partial charge in [0.25, 0.3) is 0 Å². The number of benzene rings is 1. The van der Waals surface area contributed by atoms with Gasteiger partial charge < -0.3 is 22.4 Å². The summed E-state index contributed by atoms with van der Waals surface area (Å²) in [5.41, 5.74) is 1.19. The highest BCUT2D eigenvalue weighted by Crippen LogP contribution is 2.03. The van der Waals surface area contributed by atoms with Crippen LogP contribution < -0.4 is 12.4 Å². The molecule has 5 heteroatoms. The molecule has 4 nitrogen and oxygen atoms in total. The predicted octanol–water partition coefficient (Wildman–Crippen LogP) is -1.71. The summed E-state index contributed by atoms with van der Waals surface area (Å²) in [6, 6.07) is 6.52. The van der Waals surface area contributed by atoms with Crippen molar-refractivity contribution >= 4 is 12.2 Å². The minimum Gasteiger partial charge on any atom is -1.00 e. The maximum absolute atomic E-state index is 11.0. The molecule has 0 aromatic heterocycles. The summed E-state index contributed by atoms with van der Waals surface area (Å²) in [6.45, 7) is 0. The van der Waals surface area contributed by atoms with Gasteiger partial charge in [0.1, 0.15) is 0 Å². The first kappa shape index (κ1) is 12.4. The lowest BCUT2D eigenvalue weighted by atomic mass is 10.1. The fourth-order valence-electron chi connectivity index (χ4n) is 0.890. The van der Waals surface area contributed by atoms with Crippen LogP contribution in [0, 0.1) is 0 Å². The second-order valence-electron chi connectivity index (χ2n) is 2.36. The zero-order valence-electron chi connectivity index (χ0n) is 7.48. The van der Waals surface area contributed by atoms with Crippen molar-refractivity contribution in [2.75, 3.05) is 7.11 Å². The molecule has 0 spiro atoms. The lowest BCUT2D eigenvalue weighted by Crippen LogP contribution is -3.00. The van der Waals surface area contributed by atoms with Crippen LogP contribution in [0.1, 0.15) is 15.9 Å². The van der Waals surface area contributed by atoms with Gasteiger partial charge in [0.15, 0.2) is 0 Å². The number of oxime groups is 1. The van der Waals surface area contributed by atoms with Crippen molar-refractivity contribution in [2.45, 2.75) is 0 Å². The summed E-state index contributed by atoms with van der Waals surface area (Å²) in [5, 5.41) is 11.1. The van der Waals surface area contributed by atoms with Crippen LogP contribution in [0.2, 0.25) is 0 Å². The minimum absolute atomic E-state index is 0. The number of carbonyl (C=O) groups is 1. The number of esters is 1. The molecule has 0 saturated heterocycles. The van der Waals surface area contributed by atoms with Crippen LogP contribution in [0.3, 0.4) is 0 Å². The SMILES string of the molecule is COC(=O)c1ccc(C=NO)cc1.[Cl-]. The van der Waals surface area contributed by atoms with Crippen molar-refractivity contribution in [3.8, 4) is 0 Å². The van der Waals surface area contributed by atoms with Gasteiger partial charge in [0.2, 0.25) is 0 Å². The Labute approximate surface area is 87.6 Å². The normalized spacial score (nSPS) is 9.50. The third kappa shape index (κ3) is 3.06. The quantitative estimate of drug-likeness (QED) is 0.276. The van der Waals surface area contributed by atoms with Crippen LogP contribution >= 0.6 is 0 Å². The number of nitrogens with zero attached hydrogens (tertiary/aromatic N) is 1. The number of hydrogen-bond donors (Lipinski definition) is 1. The highest BCUT2D eigenvalue weighted by molar-refractivity contribution is 5.90. The van der Waals surface area contributed by atoms with E-state index in [4.69, 9.17) is 5.21 Å². The second kappa shape index (κ2) is 5.99. The molecule has 0 amide bonds. The summed E-state index contributed by atoms with van der Waals surface area (Å²) in [5.74, 6) is -0.382. The average Bonchev–Trinajstić information content (AvgIpc) is 2.18. The maximum Gasteiger partial charge on any atom is 0.337 e. The van der Waals surface area contributed by atoms with Gasteiger partial charge >= 0.3 is 5.97 Å². The molecule has 14 heavy (non-hydrogen) atoms. The lowest BCUT2D eigenvalue weighted by molar-refractivity contribution is -0.0000181. The molecule has 1 rings (SSSR count). The number of rotatable bonds is 2. The number of methoxy groups -OCH3 is 1. The molecule has 0 fully saturated rings. The van der Waals surface area contributed by atoms with Gasteiger partial charge in [-0.1, -0.05) is 17.3 Å². The fourth-order valence-corrected chi connectivity index (χ4v) is 0.890. The summed E-state index contributed by atoms with van der Waals surface area (Å²) in [7, 11) is 1.32. The van der Waals surface area contributed by atoms with E-state index in [-0.39, 0.29) is 18.4 Å². The first-order valence-corrected chi connectivity index (χ1v) is 3.63. The van der Waals surface area contributed by atoms with Gasteiger partial charge in [-0.3, -0.25) is 0 Å². The molecule has 0 aliphatic carbocycles. The molecule has 0 heterocycles. The third-order valence-electron chi connectivity index (χ3n) is 1.54. The minimum atomic E-state index is -0.382. The van der Waals surface area contributed by atoms with Gasteiger partial charge in [-0.15, -0.1) is 0 Å². The Morgan fingerprint density at radius 3 is 2.43 bits per heavy atom. The van der Waals surface area contributed by atoms with E-state index in [9.17, 15) is 4.79 Å². The van der Waals surface area contributed by atoms with Crippen LogP contribution in [0.15, 0.2) is 29.4 Å². The summed E-state index contributed by atoms with van der Waals surface area (Å²) >= 11 is 0. The number of ether oxygens (including phenoxy) is 1. The Bertz CT molecular complexity index is 321. The van der Waals surface area contributed by atoms with Gasteiger partial charge in [0, 0.05) is 0 Å². The van der Waals surface area contributed by atoms with Crippen LogP contribution in [0.25, 0.3) is 0 Å². The van der Waals surface area contributed by atoms with E-state index >= 15 is 0 Å². The lowest BCUT2D eigenvalue weighted by Gasteiger charge is -1.98. The number of carbonyl (C=O) groups excluding carboxylic acids is 1. The molecule has 0 radical (unpaired) electrons. The van der Waals surface area contributed by atoms with Crippen LogP contribution in [0.5, 0.6) is 0 Å². The van der Waals surface area contributed by atoms with E-state index in [1.54, 1.807) is 24.3 Å². The fraction of sp³-hybridized carbons (Fsp3) is 0.111. The number of hydrogen-bond acceptors (Lipinski definition) is 4. The summed E-state index contributed by atoms with van der Waals surface area (Å²) in [4.78, 5) is 11.0. The van der Waals surface area contributed by atoms with E-state index in [0.29, 0.717) is 5.56 Å². The first-order chi connectivity index (χ1) is 6.27. The molecule has 0 saturated carbocycles. The van der Waals surface area contributed by atoms with Gasteiger partial charge in [-0.25, -0.2) is 4.79 Å². The third-order valence-corrected chi connectivity index (χ3v) is 1.54. The molecule has 76 valence electrons. The average molecular weight is 215 g/mol. The first-order valence-electron chi connectivity index (χ1n) is 3.63. The standard InChI is InChI=1S/C9H9NO3.ClH/c1-13-9(11)8-4-2-7(3-5-8)6-10-12;/h2-6,12H,1H3;1H/p-1. The van der Waals surface area contributed by atoms with Crippen molar-refractivity contribution in [2.24, 2.45) is 5.16 Å². The Morgan fingerprint density at radius 2 is 2.00 bits per heavy atom. The molecule has 0 aliphatic rings. The van der Waals surface area contributed by atoms with E-state index in [2.05, 4.69) is 9.89 Å². The summed E-state index contributed by atoms with van der Waals surface area (Å²) in [6.07, 6.45) is 1.28. The maximum atomic E-state index is 11.0. The largest absolute Gasteiger partial charge is 1.00 e. The Balaban J connectivity index is 0.00000169. The van der Waals surface area contributed by atoms with E-state index in [0.717, 1.165) is 5.56 Å². The van der Waals surface area contributed by atoms with Crippen molar-refractivity contribution in [1.29, 1.82) is 0 Å². The monoisotopic (exact) mass is 214 g/mol. The molecule has 1 aromatic rings. The predicted molar refractivity (Wildman–Crippen MR) is 47.2 cm³/mol. The molecule has 1 N–H and O–H groups in total. The molecule has 0 aliphatic heterocycles. The van der Waals surface area contributed by atoms with E-state index in [1.165, 1.54) is 13.3 Å². The Hall–Kier alpha value is -1.55. The topological polar surface area (TPSA) is 58.9 Å². The van der Waals surface area contributed by atoms with Crippen LogP contribution in [-0.4, -0.2) is 24.5 Å². The van der Waals surface area contributed by atoms with E-state index < -0.39 is 0 Å². The van der Waals surface area contributed by atoms with Crippen molar-refractivity contribution in [3.63, 3.8) is 0 Å².